The van der Waals surface area contributed by atoms with Crippen molar-refractivity contribution in [2.75, 3.05) is 23.5 Å². The molecule has 0 unspecified atom stereocenters. The van der Waals surface area contributed by atoms with Crippen LogP contribution in [0.1, 0.15) is 0 Å². The number of methoxy groups -OCH3 is 1. The van der Waals surface area contributed by atoms with Crippen LogP contribution < -0.4 is 21.1 Å². The van der Waals surface area contributed by atoms with Gasteiger partial charge in [-0.2, -0.15) is 0 Å². The van der Waals surface area contributed by atoms with E-state index in [1.54, 1.807) is 30.3 Å². The lowest BCUT2D eigenvalue weighted by atomic mass is 10.2. The van der Waals surface area contributed by atoms with E-state index in [0.717, 1.165) is 0 Å². The first kappa shape index (κ1) is 13.7. The third-order valence-corrected chi connectivity index (χ3v) is 2.63. The van der Waals surface area contributed by atoms with Gasteiger partial charge < -0.3 is 21.1 Å². The second kappa shape index (κ2) is 5.92. The van der Waals surface area contributed by atoms with Gasteiger partial charge in [-0.15, -0.1) is 0 Å². The monoisotopic (exact) mass is 275 g/mol. The predicted molar refractivity (Wildman–Crippen MR) is 76.4 cm³/mol. The summed E-state index contributed by atoms with van der Waals surface area (Å²) in [4.78, 5) is 11.8. The van der Waals surface area contributed by atoms with Crippen LogP contribution in [0.3, 0.4) is 0 Å². The van der Waals surface area contributed by atoms with Gasteiger partial charge in [0, 0.05) is 6.07 Å². The lowest BCUT2D eigenvalue weighted by Crippen LogP contribution is -2.20. The van der Waals surface area contributed by atoms with Crippen molar-refractivity contribution in [3.05, 3.63) is 48.3 Å². The van der Waals surface area contributed by atoms with Crippen molar-refractivity contribution in [3.8, 4) is 5.75 Å². The molecule has 0 spiro atoms. The molecule has 0 aliphatic heterocycles. The zero-order valence-corrected chi connectivity index (χ0v) is 10.8. The van der Waals surface area contributed by atoms with Crippen molar-refractivity contribution in [2.45, 2.75) is 0 Å². The van der Waals surface area contributed by atoms with E-state index >= 15 is 0 Å². The minimum Gasteiger partial charge on any atom is -0.497 e. The summed E-state index contributed by atoms with van der Waals surface area (Å²) in [5.74, 6) is 0.0432. The second-order valence-electron chi connectivity index (χ2n) is 4.01. The Balaban J connectivity index is 2.10. The van der Waals surface area contributed by atoms with Crippen molar-refractivity contribution in [1.82, 2.24) is 0 Å². The third kappa shape index (κ3) is 3.17. The number of benzene rings is 2. The van der Waals surface area contributed by atoms with Gasteiger partial charge in [0.1, 0.15) is 11.6 Å². The highest BCUT2D eigenvalue weighted by Crippen LogP contribution is 2.24. The summed E-state index contributed by atoms with van der Waals surface area (Å²) in [7, 11) is 1.51. The Bertz CT molecular complexity index is 632. The molecule has 0 atom stereocenters. The summed E-state index contributed by atoms with van der Waals surface area (Å²) in [5.41, 5.74) is 6.60. The minimum atomic E-state index is -0.588. The van der Waals surface area contributed by atoms with Gasteiger partial charge >= 0.3 is 6.03 Å². The summed E-state index contributed by atoms with van der Waals surface area (Å²) in [5, 5.41) is 4.94. The first-order valence-corrected chi connectivity index (χ1v) is 5.86. The van der Waals surface area contributed by atoms with Crippen LogP contribution >= 0.6 is 0 Å². The highest BCUT2D eigenvalue weighted by molar-refractivity contribution is 6.01. The number of amides is 2. The summed E-state index contributed by atoms with van der Waals surface area (Å²) in [6, 6.07) is 10.2. The van der Waals surface area contributed by atoms with Gasteiger partial charge in [-0.25, -0.2) is 9.18 Å². The van der Waals surface area contributed by atoms with Crippen LogP contribution in [-0.2, 0) is 0 Å². The topological polar surface area (TPSA) is 76.4 Å². The molecule has 104 valence electrons. The average Bonchev–Trinajstić information content (AvgIpc) is 2.44. The number of rotatable bonds is 3. The number of para-hydroxylation sites is 1. The van der Waals surface area contributed by atoms with Crippen LogP contribution in [0.4, 0.5) is 26.2 Å². The summed E-state index contributed by atoms with van der Waals surface area (Å²) in [6.45, 7) is 0. The van der Waals surface area contributed by atoms with E-state index in [0.29, 0.717) is 17.1 Å². The number of halogens is 1. The molecule has 2 rings (SSSR count). The van der Waals surface area contributed by atoms with Crippen LogP contribution in [-0.4, -0.2) is 13.1 Å². The molecule has 2 amide bonds. The second-order valence-corrected chi connectivity index (χ2v) is 4.01. The molecular formula is C14H14FN3O2. The molecular weight excluding hydrogens is 261 g/mol. The quantitative estimate of drug-likeness (QED) is 0.753. The van der Waals surface area contributed by atoms with Crippen molar-refractivity contribution in [1.29, 1.82) is 0 Å². The Hall–Kier alpha value is -2.76. The minimum absolute atomic E-state index is 0.0893. The third-order valence-electron chi connectivity index (χ3n) is 2.63. The van der Waals surface area contributed by atoms with Crippen LogP contribution in [0.25, 0.3) is 0 Å². The molecule has 6 heteroatoms. The Morgan fingerprint density at radius 3 is 2.55 bits per heavy atom. The van der Waals surface area contributed by atoms with E-state index in [1.165, 1.54) is 19.2 Å². The number of nitrogen functional groups attached to an aromatic ring is 1. The molecule has 4 N–H and O–H groups in total. The Morgan fingerprint density at radius 1 is 1.15 bits per heavy atom. The summed E-state index contributed by atoms with van der Waals surface area (Å²) < 4.78 is 18.4. The van der Waals surface area contributed by atoms with E-state index < -0.39 is 11.8 Å². The fourth-order valence-corrected chi connectivity index (χ4v) is 1.61. The molecule has 0 radical (unpaired) electrons. The van der Waals surface area contributed by atoms with Crippen molar-refractivity contribution in [2.24, 2.45) is 0 Å². The molecule has 2 aromatic carbocycles. The molecule has 0 fully saturated rings. The van der Waals surface area contributed by atoms with Crippen LogP contribution in [0.2, 0.25) is 0 Å². The maximum absolute atomic E-state index is 13.4. The lowest BCUT2D eigenvalue weighted by molar-refractivity contribution is 0.262. The fraction of sp³-hybridized carbons (Fsp3) is 0.0714. The number of nitrogens with one attached hydrogen (secondary N) is 2. The van der Waals surface area contributed by atoms with E-state index in [4.69, 9.17) is 10.5 Å². The zero-order chi connectivity index (χ0) is 14.5. The number of nitrogens with two attached hydrogens (primary N) is 1. The molecule has 0 saturated carbocycles. The van der Waals surface area contributed by atoms with Crippen LogP contribution in [0.5, 0.6) is 5.75 Å². The molecule has 2 aromatic rings. The number of urea groups is 1. The van der Waals surface area contributed by atoms with Gasteiger partial charge in [-0.05, 0) is 24.3 Å². The maximum Gasteiger partial charge on any atom is 0.323 e. The SMILES string of the molecule is COc1ccc(N)c(NC(=O)Nc2ccccc2F)c1. The van der Waals surface area contributed by atoms with Crippen LogP contribution in [0.15, 0.2) is 42.5 Å². The van der Waals surface area contributed by atoms with Gasteiger partial charge in [-0.3, -0.25) is 0 Å². The summed E-state index contributed by atoms with van der Waals surface area (Å²) in [6.07, 6.45) is 0. The Kier molecular flexibility index (Phi) is 4.05. The fourth-order valence-electron chi connectivity index (χ4n) is 1.61. The molecule has 20 heavy (non-hydrogen) atoms. The number of anilines is 3. The molecule has 0 aliphatic rings. The van der Waals surface area contributed by atoms with Gasteiger partial charge in [0.15, 0.2) is 0 Å². The first-order valence-electron chi connectivity index (χ1n) is 5.86. The number of ether oxygens (including phenoxy) is 1. The predicted octanol–water partition coefficient (Wildman–Crippen LogP) is 3.06. The molecule has 0 bridgehead atoms. The van der Waals surface area contributed by atoms with E-state index in [1.807, 2.05) is 0 Å². The maximum atomic E-state index is 13.4. The Morgan fingerprint density at radius 2 is 1.85 bits per heavy atom. The summed E-state index contributed by atoms with van der Waals surface area (Å²) >= 11 is 0. The molecule has 0 saturated heterocycles. The van der Waals surface area contributed by atoms with E-state index in [-0.39, 0.29) is 5.69 Å². The highest BCUT2D eigenvalue weighted by atomic mass is 19.1. The number of carbonyl (C=O) groups is 1. The standard InChI is InChI=1S/C14H14FN3O2/c1-20-9-6-7-11(16)13(8-9)18-14(19)17-12-5-3-2-4-10(12)15/h2-8H,16H2,1H3,(H2,17,18,19). The molecule has 0 aromatic heterocycles. The first-order chi connectivity index (χ1) is 9.60. The van der Waals surface area contributed by atoms with Gasteiger partial charge in [0.05, 0.1) is 24.2 Å². The van der Waals surface area contributed by atoms with E-state index in [9.17, 15) is 9.18 Å². The lowest BCUT2D eigenvalue weighted by Gasteiger charge is -2.11. The average molecular weight is 275 g/mol. The van der Waals surface area contributed by atoms with Gasteiger partial charge in [-0.1, -0.05) is 12.1 Å². The van der Waals surface area contributed by atoms with E-state index in [2.05, 4.69) is 10.6 Å². The molecule has 0 heterocycles. The smallest absolute Gasteiger partial charge is 0.323 e. The van der Waals surface area contributed by atoms with Gasteiger partial charge in [0.2, 0.25) is 0 Å². The van der Waals surface area contributed by atoms with Crippen molar-refractivity contribution < 1.29 is 13.9 Å². The Labute approximate surface area is 115 Å². The number of hydrogen-bond acceptors (Lipinski definition) is 3. The highest BCUT2D eigenvalue weighted by Gasteiger charge is 2.08. The van der Waals surface area contributed by atoms with Crippen LogP contribution in [0, 0.1) is 5.82 Å². The number of hydrogen-bond donors (Lipinski definition) is 3. The molecule has 0 aliphatic carbocycles. The number of carbonyl (C=O) groups excluding carboxylic acids is 1. The van der Waals surface area contributed by atoms with Gasteiger partial charge in [0.25, 0.3) is 0 Å². The normalized spacial score (nSPS) is 9.90. The zero-order valence-electron chi connectivity index (χ0n) is 10.8. The largest absolute Gasteiger partial charge is 0.497 e. The molecule has 5 nitrogen and oxygen atoms in total. The van der Waals surface area contributed by atoms with Crippen molar-refractivity contribution >= 4 is 23.1 Å². The van der Waals surface area contributed by atoms with Crippen molar-refractivity contribution in [3.63, 3.8) is 0 Å².